The van der Waals surface area contributed by atoms with Crippen molar-refractivity contribution < 1.29 is 33.8 Å². The van der Waals surface area contributed by atoms with Crippen molar-refractivity contribution in [2.75, 3.05) is 19.0 Å². The predicted octanol–water partition coefficient (Wildman–Crippen LogP) is 8.29. The molecule has 7 rings (SSSR count). The molecule has 4 aliphatic carbocycles. The molecule has 3 aromatic rings. The lowest BCUT2D eigenvalue weighted by molar-refractivity contribution is -0.182. The highest BCUT2D eigenvalue weighted by Crippen LogP contribution is 2.68. The Morgan fingerprint density at radius 3 is 2.25 bits per heavy atom. The molecule has 0 aromatic heterocycles. The number of fused-ring (bicyclic) bond motifs is 4. The fourth-order valence-corrected chi connectivity index (χ4v) is 11.4. The molecule has 1 unspecified atom stereocenters. The number of ether oxygens (including phenoxy) is 1. The zero-order chi connectivity index (χ0) is 39.2. The van der Waals surface area contributed by atoms with Crippen molar-refractivity contribution in [1.29, 1.82) is 0 Å². The van der Waals surface area contributed by atoms with Crippen LogP contribution in [0, 0.1) is 17.3 Å². The Balaban J connectivity index is 1.26. The lowest BCUT2D eigenvalue weighted by Gasteiger charge is -2.55. The Morgan fingerprint density at radius 2 is 1.58 bits per heavy atom. The number of anilines is 1. The van der Waals surface area contributed by atoms with Crippen LogP contribution in [0.3, 0.4) is 0 Å². The minimum Gasteiger partial charge on any atom is -0.451 e. The van der Waals surface area contributed by atoms with Crippen LogP contribution in [0.15, 0.2) is 100 Å². The number of aliphatic hydroxyl groups is 1. The normalized spacial score (nSPS) is 26.4. The molecule has 0 saturated heterocycles. The molecule has 9 heteroatoms. The molecule has 0 amide bonds. The van der Waals surface area contributed by atoms with Crippen LogP contribution in [-0.4, -0.2) is 53.2 Å². The first-order chi connectivity index (χ1) is 26.3. The molecule has 0 bridgehead atoms. The summed E-state index contributed by atoms with van der Waals surface area (Å²) >= 11 is 0.981. The van der Waals surface area contributed by atoms with Crippen LogP contribution in [0.4, 0.5) is 5.69 Å². The number of carbonyl (C=O) groups is 5. The van der Waals surface area contributed by atoms with E-state index in [4.69, 9.17) is 4.74 Å². The van der Waals surface area contributed by atoms with Gasteiger partial charge in [-0.2, -0.15) is 0 Å². The number of benzene rings is 3. The van der Waals surface area contributed by atoms with Crippen molar-refractivity contribution in [3.63, 3.8) is 0 Å². The number of nitrogens with zero attached hydrogens (tertiary/aromatic N) is 1. The number of carbonyl (C=O) groups excluding carboxylic acids is 5. The predicted molar refractivity (Wildman–Crippen MR) is 214 cm³/mol. The van der Waals surface area contributed by atoms with E-state index in [0.717, 1.165) is 47.0 Å². The molecule has 2 fully saturated rings. The number of allylic oxidation sites excluding steroid dienone is 4. The van der Waals surface area contributed by atoms with Crippen molar-refractivity contribution in [2.24, 2.45) is 17.3 Å². The number of rotatable bonds is 10. The molecule has 3 aromatic carbocycles. The maximum atomic E-state index is 13.9. The lowest BCUT2D eigenvalue weighted by Crippen LogP contribution is -2.57. The van der Waals surface area contributed by atoms with E-state index in [1.54, 1.807) is 55.5 Å². The minimum atomic E-state index is -1.36. The Hall–Kier alpha value is -4.60. The Kier molecular flexibility index (Phi) is 10.7. The summed E-state index contributed by atoms with van der Waals surface area (Å²) < 4.78 is 6.10. The summed E-state index contributed by atoms with van der Waals surface area (Å²) in [5.74, 6) is -0.935. The Bertz CT molecular complexity index is 2120. The van der Waals surface area contributed by atoms with Gasteiger partial charge >= 0.3 is 5.97 Å². The molecule has 0 radical (unpaired) electrons. The van der Waals surface area contributed by atoms with Gasteiger partial charge in [0.05, 0.1) is 4.91 Å². The van der Waals surface area contributed by atoms with E-state index < -0.39 is 28.9 Å². The second-order valence-corrected chi connectivity index (χ2v) is 17.1. The van der Waals surface area contributed by atoms with E-state index >= 15 is 0 Å². The third kappa shape index (κ3) is 6.84. The number of Topliss-reactive ketones (excluding diaryl/α,β-unsaturated/α-hetero) is 3. The van der Waals surface area contributed by atoms with Crippen LogP contribution in [0.25, 0.3) is 0 Å². The van der Waals surface area contributed by atoms with Crippen LogP contribution in [0.2, 0.25) is 0 Å². The molecule has 1 N–H and O–H groups in total. The summed E-state index contributed by atoms with van der Waals surface area (Å²) in [7, 11) is 4.01. The van der Waals surface area contributed by atoms with Crippen LogP contribution in [-0.2, 0) is 30.3 Å². The van der Waals surface area contributed by atoms with Gasteiger partial charge in [0, 0.05) is 56.4 Å². The molecule has 286 valence electrons. The van der Waals surface area contributed by atoms with E-state index in [0.29, 0.717) is 48.1 Å². The van der Waals surface area contributed by atoms with Gasteiger partial charge in [-0.05, 0) is 109 Å². The first-order valence-electron chi connectivity index (χ1n) is 19.3. The van der Waals surface area contributed by atoms with Gasteiger partial charge in [-0.15, -0.1) is 0 Å². The summed E-state index contributed by atoms with van der Waals surface area (Å²) in [6.45, 7) is 5.09. The SMILES string of the molecule is CC(=O)O[C@]1(C(C)=O)CC[C@H]2[C@@H]3CCC4=C(SC(=O)Cc5ccccc5C(=O)C(O)c5ccccc5)C(=O)CCC4=C3[C@@H](c3ccc(N(C)C)cc3)C[C@@]21C. The summed E-state index contributed by atoms with van der Waals surface area (Å²) in [6.07, 6.45) is 2.69. The minimum absolute atomic E-state index is 0.0427. The number of thioether (sulfide) groups is 1. The first kappa shape index (κ1) is 38.7. The topological polar surface area (TPSA) is 118 Å². The zero-order valence-corrected chi connectivity index (χ0v) is 33.0. The molecule has 6 atom stereocenters. The van der Waals surface area contributed by atoms with Gasteiger partial charge in [-0.3, -0.25) is 24.0 Å². The maximum absolute atomic E-state index is 13.9. The van der Waals surface area contributed by atoms with E-state index in [9.17, 15) is 29.1 Å². The van der Waals surface area contributed by atoms with Crippen molar-refractivity contribution >= 4 is 45.9 Å². The maximum Gasteiger partial charge on any atom is 0.303 e. The van der Waals surface area contributed by atoms with Crippen molar-refractivity contribution in [3.8, 4) is 0 Å². The van der Waals surface area contributed by atoms with E-state index in [1.165, 1.54) is 12.5 Å². The third-order valence-electron chi connectivity index (χ3n) is 12.9. The summed E-state index contributed by atoms with van der Waals surface area (Å²) in [4.78, 5) is 69.8. The standard InChI is InChI=1S/C46H49NO7S/c1-27(48)46(54-28(2)49)24-23-38-36-20-19-35-34(41(36)37(26-45(38,46)3)29-15-17-32(18-16-29)47(4)5)21-22-39(50)44(35)55-40(51)25-31-13-9-10-14-33(31)43(53)42(52)30-11-7-6-8-12-30/h6-18,36-38,42,52H,19-26H2,1-5H3/t36-,37+,38-,42?,45-,46-/m0/s1. The van der Waals surface area contributed by atoms with E-state index in [-0.39, 0.29) is 46.4 Å². The summed E-state index contributed by atoms with van der Waals surface area (Å²) in [5.41, 5.74) is 5.05. The van der Waals surface area contributed by atoms with Gasteiger partial charge in [-0.1, -0.05) is 79.2 Å². The first-order valence-corrected chi connectivity index (χ1v) is 20.1. The second-order valence-electron chi connectivity index (χ2n) is 16.1. The average Bonchev–Trinajstić information content (AvgIpc) is 3.47. The molecule has 2 saturated carbocycles. The molecule has 8 nitrogen and oxygen atoms in total. The summed E-state index contributed by atoms with van der Waals surface area (Å²) in [5, 5.41) is 10.7. The summed E-state index contributed by atoms with van der Waals surface area (Å²) in [6, 6.07) is 24.1. The molecule has 0 spiro atoms. The molecule has 4 aliphatic rings. The van der Waals surface area contributed by atoms with Crippen LogP contribution in [0.5, 0.6) is 0 Å². The van der Waals surface area contributed by atoms with Gasteiger partial charge < -0.3 is 14.7 Å². The van der Waals surface area contributed by atoms with Crippen LogP contribution in [0.1, 0.15) is 105 Å². The highest BCUT2D eigenvalue weighted by molar-refractivity contribution is 8.17. The average molecular weight is 760 g/mol. The number of hydrogen-bond acceptors (Lipinski definition) is 9. The molecule has 55 heavy (non-hydrogen) atoms. The highest BCUT2D eigenvalue weighted by Gasteiger charge is 2.67. The van der Waals surface area contributed by atoms with Gasteiger partial charge in [0.2, 0.25) is 0 Å². The quantitative estimate of drug-likeness (QED) is 0.161. The smallest absolute Gasteiger partial charge is 0.303 e. The van der Waals surface area contributed by atoms with Gasteiger partial charge in [0.1, 0.15) is 6.10 Å². The second kappa shape index (κ2) is 15.1. The van der Waals surface area contributed by atoms with Gasteiger partial charge in [-0.25, -0.2) is 0 Å². The van der Waals surface area contributed by atoms with Crippen molar-refractivity contribution in [2.45, 2.75) is 89.8 Å². The highest BCUT2D eigenvalue weighted by atomic mass is 32.2. The zero-order valence-electron chi connectivity index (χ0n) is 32.2. The van der Waals surface area contributed by atoms with Crippen molar-refractivity contribution in [3.05, 3.63) is 123 Å². The van der Waals surface area contributed by atoms with Crippen LogP contribution >= 0.6 is 11.8 Å². The van der Waals surface area contributed by atoms with Gasteiger partial charge in [0.25, 0.3) is 0 Å². The van der Waals surface area contributed by atoms with Crippen LogP contribution < -0.4 is 4.90 Å². The van der Waals surface area contributed by atoms with E-state index in [1.807, 2.05) is 20.2 Å². The lowest BCUT2D eigenvalue weighted by atomic mass is 9.50. The van der Waals surface area contributed by atoms with Crippen molar-refractivity contribution in [1.82, 2.24) is 0 Å². The van der Waals surface area contributed by atoms with E-state index in [2.05, 4.69) is 36.1 Å². The molecular weight excluding hydrogens is 711 g/mol. The number of hydrogen-bond donors (Lipinski definition) is 1. The molecule has 0 heterocycles. The Labute approximate surface area is 327 Å². The monoisotopic (exact) mass is 759 g/mol. The molecular formula is C46H49NO7S. The third-order valence-corrected chi connectivity index (χ3v) is 13.9. The number of ketones is 3. The van der Waals surface area contributed by atoms with Gasteiger partial charge in [0.15, 0.2) is 28.1 Å². The number of aliphatic hydroxyl groups excluding tert-OH is 1. The number of esters is 1. The fourth-order valence-electron chi connectivity index (χ4n) is 10.4. The molecule has 0 aliphatic heterocycles. The Morgan fingerprint density at radius 1 is 0.891 bits per heavy atom. The largest absolute Gasteiger partial charge is 0.451 e. The fraction of sp³-hybridized carbons (Fsp3) is 0.413.